The molecule has 2 N–H and O–H groups in total. The molecule has 0 saturated heterocycles. The Balaban J connectivity index is 1.86. The van der Waals surface area contributed by atoms with Gasteiger partial charge in [0.15, 0.2) is 0 Å². The molecule has 3 rings (SSSR count). The fourth-order valence-electron chi connectivity index (χ4n) is 2.19. The summed E-state index contributed by atoms with van der Waals surface area (Å²) in [6.45, 7) is 1.81. The van der Waals surface area contributed by atoms with Gasteiger partial charge in [-0.25, -0.2) is 5.43 Å². The Bertz CT molecular complexity index is 943. The van der Waals surface area contributed by atoms with Gasteiger partial charge in [-0.3, -0.25) is 10.2 Å². The molecule has 114 valence electrons. The van der Waals surface area contributed by atoms with Gasteiger partial charge in [0.2, 0.25) is 5.55 Å². The molecule has 0 aliphatic rings. The summed E-state index contributed by atoms with van der Waals surface area (Å²) >= 11 is 0. The van der Waals surface area contributed by atoms with Crippen molar-refractivity contribution < 1.29 is 9.21 Å². The zero-order valence-electron chi connectivity index (χ0n) is 12.5. The minimum Gasteiger partial charge on any atom is -0.438 e. The summed E-state index contributed by atoms with van der Waals surface area (Å²) < 4.78 is 5.36. The van der Waals surface area contributed by atoms with Crippen LogP contribution in [0.5, 0.6) is 0 Å². The second kappa shape index (κ2) is 6.27. The van der Waals surface area contributed by atoms with Crippen LogP contribution in [-0.4, -0.2) is 11.6 Å². The number of carbonyl (C=O) groups excluding carboxylic acids is 1. The highest BCUT2D eigenvalue weighted by atomic mass is 16.3. The Kier molecular flexibility index (Phi) is 4.01. The normalized spacial score (nSPS) is 11.4. The Morgan fingerprint density at radius 3 is 2.57 bits per heavy atom. The molecule has 0 bridgehead atoms. The first-order valence-corrected chi connectivity index (χ1v) is 7.12. The molecule has 0 unspecified atom stereocenters. The highest BCUT2D eigenvalue weighted by Crippen LogP contribution is 2.12. The maximum atomic E-state index is 12.2. The standard InChI is InChI=1S/C18H15N3O2/c1-12(13-7-3-2-4-8-13)20-21-18(22)15-11-14-9-5-6-10-16(14)23-17(15)19/h2-11,19H,1H3,(H,21,22)/b19-17?,20-12-. The number of rotatable bonds is 3. The predicted molar refractivity (Wildman–Crippen MR) is 88.2 cm³/mol. The molecular weight excluding hydrogens is 290 g/mol. The number of nitrogens with zero attached hydrogens (tertiary/aromatic N) is 1. The Hall–Kier alpha value is -3.21. The molecule has 2 aromatic carbocycles. The van der Waals surface area contributed by atoms with Gasteiger partial charge in [0.05, 0.1) is 5.71 Å². The maximum absolute atomic E-state index is 12.2. The lowest BCUT2D eigenvalue weighted by Gasteiger charge is -2.04. The van der Waals surface area contributed by atoms with Gasteiger partial charge in [-0.1, -0.05) is 48.5 Å². The van der Waals surface area contributed by atoms with Crippen LogP contribution in [0.25, 0.3) is 11.0 Å². The minimum atomic E-state index is -0.472. The largest absolute Gasteiger partial charge is 0.438 e. The fourth-order valence-corrected chi connectivity index (χ4v) is 2.19. The van der Waals surface area contributed by atoms with Crippen LogP contribution in [0.4, 0.5) is 0 Å². The number of hydrogen-bond acceptors (Lipinski definition) is 4. The second-order valence-corrected chi connectivity index (χ2v) is 5.03. The van der Waals surface area contributed by atoms with Gasteiger partial charge < -0.3 is 4.42 Å². The van der Waals surface area contributed by atoms with Gasteiger partial charge in [-0.15, -0.1) is 0 Å². The number of para-hydroxylation sites is 1. The van der Waals surface area contributed by atoms with Crippen molar-refractivity contribution in [2.75, 3.05) is 0 Å². The number of benzene rings is 2. The van der Waals surface area contributed by atoms with E-state index in [1.54, 1.807) is 12.1 Å². The molecule has 23 heavy (non-hydrogen) atoms. The summed E-state index contributed by atoms with van der Waals surface area (Å²) in [5.74, 6) is -0.472. The Morgan fingerprint density at radius 1 is 1.09 bits per heavy atom. The van der Waals surface area contributed by atoms with Gasteiger partial charge in [0.25, 0.3) is 5.91 Å². The third-order valence-electron chi connectivity index (χ3n) is 3.44. The van der Waals surface area contributed by atoms with Crippen molar-refractivity contribution in [1.82, 2.24) is 5.43 Å². The molecule has 0 atom stereocenters. The SMILES string of the molecule is C/C(=N/NC(=O)c1cc2ccccc2oc1=N)c1ccccc1. The van der Waals surface area contributed by atoms with E-state index in [0.717, 1.165) is 10.9 Å². The highest BCUT2D eigenvalue weighted by Gasteiger charge is 2.11. The van der Waals surface area contributed by atoms with Crippen molar-refractivity contribution in [3.05, 3.63) is 77.3 Å². The summed E-state index contributed by atoms with van der Waals surface area (Å²) in [5, 5.41) is 12.7. The maximum Gasteiger partial charge on any atom is 0.276 e. The highest BCUT2D eigenvalue weighted by molar-refractivity contribution is 6.01. The van der Waals surface area contributed by atoms with Crippen molar-refractivity contribution in [1.29, 1.82) is 5.41 Å². The molecular formula is C18H15N3O2. The molecule has 0 saturated carbocycles. The molecule has 0 fully saturated rings. The van der Waals surface area contributed by atoms with Gasteiger partial charge in [0.1, 0.15) is 11.1 Å². The van der Waals surface area contributed by atoms with Gasteiger partial charge >= 0.3 is 0 Å². The summed E-state index contributed by atoms with van der Waals surface area (Å²) in [4.78, 5) is 12.2. The Labute approximate surface area is 132 Å². The smallest absolute Gasteiger partial charge is 0.276 e. The van der Waals surface area contributed by atoms with Crippen molar-refractivity contribution >= 4 is 22.6 Å². The Morgan fingerprint density at radius 2 is 1.78 bits per heavy atom. The van der Waals surface area contributed by atoms with E-state index < -0.39 is 5.91 Å². The first kappa shape index (κ1) is 14.7. The van der Waals surface area contributed by atoms with Crippen molar-refractivity contribution in [3.63, 3.8) is 0 Å². The number of hydrogen-bond donors (Lipinski definition) is 2. The molecule has 0 aliphatic heterocycles. The molecule has 1 amide bonds. The number of hydrazone groups is 1. The summed E-state index contributed by atoms with van der Waals surface area (Å²) in [5.41, 5.74) is 4.60. The molecule has 3 aromatic rings. The second-order valence-electron chi connectivity index (χ2n) is 5.03. The first-order chi connectivity index (χ1) is 11.1. The van der Waals surface area contributed by atoms with Crippen molar-refractivity contribution in [3.8, 4) is 0 Å². The number of amides is 1. The van der Waals surface area contributed by atoms with Crippen LogP contribution >= 0.6 is 0 Å². The van der Waals surface area contributed by atoms with Crippen LogP contribution < -0.4 is 11.0 Å². The van der Waals surface area contributed by atoms with Crippen LogP contribution in [0.15, 0.2) is 70.2 Å². The zero-order chi connectivity index (χ0) is 16.2. The number of nitrogens with one attached hydrogen (secondary N) is 2. The topological polar surface area (TPSA) is 78.5 Å². The predicted octanol–water partition coefficient (Wildman–Crippen LogP) is 3.07. The first-order valence-electron chi connectivity index (χ1n) is 7.12. The van der Waals surface area contributed by atoms with Gasteiger partial charge in [-0.05, 0) is 24.6 Å². The minimum absolute atomic E-state index is 0.147. The number of fused-ring (bicyclic) bond motifs is 1. The summed E-state index contributed by atoms with van der Waals surface area (Å²) in [6.07, 6.45) is 0. The summed E-state index contributed by atoms with van der Waals surface area (Å²) in [6, 6.07) is 18.4. The lowest BCUT2D eigenvalue weighted by atomic mass is 10.1. The number of carbonyl (C=O) groups is 1. The summed E-state index contributed by atoms with van der Waals surface area (Å²) in [7, 11) is 0. The quantitative estimate of drug-likeness (QED) is 0.576. The molecule has 0 radical (unpaired) electrons. The fraction of sp³-hybridized carbons (Fsp3) is 0.0556. The van der Waals surface area contributed by atoms with E-state index in [4.69, 9.17) is 9.83 Å². The van der Waals surface area contributed by atoms with E-state index >= 15 is 0 Å². The van der Waals surface area contributed by atoms with E-state index in [1.165, 1.54) is 0 Å². The van der Waals surface area contributed by atoms with Crippen LogP contribution in [0.2, 0.25) is 0 Å². The molecule has 0 aliphatic carbocycles. The lowest BCUT2D eigenvalue weighted by Crippen LogP contribution is -2.25. The monoisotopic (exact) mass is 305 g/mol. The molecule has 5 heteroatoms. The average Bonchev–Trinajstić information content (AvgIpc) is 2.59. The average molecular weight is 305 g/mol. The third-order valence-corrected chi connectivity index (χ3v) is 3.44. The van der Waals surface area contributed by atoms with Crippen molar-refractivity contribution in [2.45, 2.75) is 6.92 Å². The van der Waals surface area contributed by atoms with Crippen LogP contribution in [0.1, 0.15) is 22.8 Å². The third kappa shape index (κ3) is 3.18. The van der Waals surface area contributed by atoms with Gasteiger partial charge in [0, 0.05) is 5.39 Å². The molecule has 1 heterocycles. The van der Waals surface area contributed by atoms with E-state index in [0.29, 0.717) is 11.3 Å². The molecule has 1 aromatic heterocycles. The molecule has 5 nitrogen and oxygen atoms in total. The lowest BCUT2D eigenvalue weighted by molar-refractivity contribution is 0.0950. The van der Waals surface area contributed by atoms with Crippen LogP contribution in [0, 0.1) is 5.41 Å². The molecule has 0 spiro atoms. The van der Waals surface area contributed by atoms with E-state index in [-0.39, 0.29) is 11.1 Å². The van der Waals surface area contributed by atoms with Crippen molar-refractivity contribution in [2.24, 2.45) is 5.10 Å². The van der Waals surface area contributed by atoms with Crippen LogP contribution in [-0.2, 0) is 0 Å². The van der Waals surface area contributed by atoms with E-state index in [1.807, 2.05) is 55.5 Å². The van der Waals surface area contributed by atoms with Crippen LogP contribution in [0.3, 0.4) is 0 Å². The van der Waals surface area contributed by atoms with E-state index in [2.05, 4.69) is 10.5 Å². The van der Waals surface area contributed by atoms with Gasteiger partial charge in [-0.2, -0.15) is 5.10 Å². The van der Waals surface area contributed by atoms with E-state index in [9.17, 15) is 4.79 Å². The zero-order valence-corrected chi connectivity index (χ0v) is 12.5.